The molecule has 0 saturated heterocycles. The van der Waals surface area contributed by atoms with Gasteiger partial charge >= 0.3 is 6.03 Å². The third-order valence-corrected chi connectivity index (χ3v) is 2.63. The Hall–Kier alpha value is -2.34. The molecule has 0 spiro atoms. The van der Waals surface area contributed by atoms with Crippen LogP contribution in [-0.4, -0.2) is 33.6 Å². The van der Waals surface area contributed by atoms with E-state index in [0.717, 1.165) is 11.4 Å². The molecule has 6 heteroatoms. The van der Waals surface area contributed by atoms with Crippen molar-refractivity contribution in [2.45, 2.75) is 20.0 Å². The quantitative estimate of drug-likeness (QED) is 0.793. The minimum absolute atomic E-state index is 0.199. The summed E-state index contributed by atoms with van der Waals surface area (Å²) < 4.78 is 1.66. The summed E-state index contributed by atoms with van der Waals surface area (Å²) in [7, 11) is 0. The van der Waals surface area contributed by atoms with E-state index >= 15 is 0 Å². The molecule has 0 radical (unpaired) electrons. The number of urea groups is 1. The smallest absolute Gasteiger partial charge is 0.320 e. The van der Waals surface area contributed by atoms with Crippen molar-refractivity contribution in [1.82, 2.24) is 15.1 Å². The minimum Gasteiger partial charge on any atom is -0.392 e. The number of aliphatic hydroxyl groups excluding tert-OH is 1. The fourth-order valence-electron chi connectivity index (χ4n) is 1.76. The Labute approximate surface area is 117 Å². The Morgan fingerprint density at radius 2 is 2.10 bits per heavy atom. The number of para-hydroxylation sites is 1. The molecule has 0 aliphatic rings. The van der Waals surface area contributed by atoms with Gasteiger partial charge in [-0.05, 0) is 26.0 Å². The van der Waals surface area contributed by atoms with Gasteiger partial charge in [-0.3, -0.25) is 5.32 Å². The summed E-state index contributed by atoms with van der Waals surface area (Å²) in [5.74, 6) is 0.580. The summed E-state index contributed by atoms with van der Waals surface area (Å²) in [6, 6.07) is 11.0. The highest BCUT2D eigenvalue weighted by Gasteiger charge is 2.10. The molecule has 1 atom stereocenters. The van der Waals surface area contributed by atoms with Gasteiger partial charge in [-0.15, -0.1) is 0 Å². The maximum atomic E-state index is 11.7. The Balaban J connectivity index is 2.14. The predicted molar refractivity (Wildman–Crippen MR) is 77.0 cm³/mol. The van der Waals surface area contributed by atoms with E-state index in [0.29, 0.717) is 5.82 Å². The van der Waals surface area contributed by atoms with Gasteiger partial charge in [0, 0.05) is 12.6 Å². The fourth-order valence-corrected chi connectivity index (χ4v) is 1.76. The first-order valence-corrected chi connectivity index (χ1v) is 6.41. The lowest BCUT2D eigenvalue weighted by molar-refractivity contribution is 0.190. The van der Waals surface area contributed by atoms with E-state index in [4.69, 9.17) is 5.11 Å². The van der Waals surface area contributed by atoms with Gasteiger partial charge in [-0.1, -0.05) is 18.2 Å². The number of amides is 2. The molecular formula is C14H18N4O2. The number of benzene rings is 1. The second-order valence-electron chi connectivity index (χ2n) is 4.60. The van der Waals surface area contributed by atoms with Gasteiger partial charge in [-0.25, -0.2) is 9.48 Å². The lowest BCUT2D eigenvalue weighted by atomic mass is 10.3. The van der Waals surface area contributed by atoms with Crippen LogP contribution in [0.1, 0.15) is 12.6 Å². The molecule has 2 amide bonds. The van der Waals surface area contributed by atoms with Crippen LogP contribution < -0.4 is 10.6 Å². The summed E-state index contributed by atoms with van der Waals surface area (Å²) in [4.78, 5) is 11.7. The molecule has 2 rings (SSSR count). The third kappa shape index (κ3) is 3.58. The molecule has 1 aromatic carbocycles. The van der Waals surface area contributed by atoms with Crippen LogP contribution in [0.4, 0.5) is 10.6 Å². The second-order valence-corrected chi connectivity index (χ2v) is 4.60. The van der Waals surface area contributed by atoms with Crippen molar-refractivity contribution in [3.8, 4) is 5.69 Å². The van der Waals surface area contributed by atoms with Crippen LogP contribution in [0.5, 0.6) is 0 Å². The van der Waals surface area contributed by atoms with Crippen molar-refractivity contribution in [1.29, 1.82) is 0 Å². The predicted octanol–water partition coefficient (Wildman–Crippen LogP) is 1.68. The van der Waals surface area contributed by atoms with Gasteiger partial charge in [-0.2, -0.15) is 5.10 Å². The molecule has 20 heavy (non-hydrogen) atoms. The van der Waals surface area contributed by atoms with E-state index < -0.39 is 6.10 Å². The maximum Gasteiger partial charge on any atom is 0.320 e. The average molecular weight is 274 g/mol. The van der Waals surface area contributed by atoms with Gasteiger partial charge < -0.3 is 10.4 Å². The van der Waals surface area contributed by atoms with Crippen LogP contribution in [0.25, 0.3) is 5.69 Å². The molecular weight excluding hydrogens is 256 g/mol. The first-order chi connectivity index (χ1) is 9.56. The highest BCUT2D eigenvalue weighted by molar-refractivity contribution is 5.88. The number of nitrogens with one attached hydrogen (secondary N) is 2. The largest absolute Gasteiger partial charge is 0.392 e. The van der Waals surface area contributed by atoms with E-state index in [1.165, 1.54) is 0 Å². The molecule has 3 N–H and O–H groups in total. The maximum absolute atomic E-state index is 11.7. The van der Waals surface area contributed by atoms with E-state index in [9.17, 15) is 4.79 Å². The first kappa shape index (κ1) is 14.1. The molecule has 1 aromatic heterocycles. The summed E-state index contributed by atoms with van der Waals surface area (Å²) >= 11 is 0. The van der Waals surface area contributed by atoms with Crippen molar-refractivity contribution >= 4 is 11.8 Å². The van der Waals surface area contributed by atoms with Crippen molar-refractivity contribution in [2.75, 3.05) is 11.9 Å². The van der Waals surface area contributed by atoms with Crippen molar-refractivity contribution < 1.29 is 9.90 Å². The number of carbonyl (C=O) groups is 1. The zero-order valence-electron chi connectivity index (χ0n) is 11.5. The zero-order valence-corrected chi connectivity index (χ0v) is 11.5. The number of carbonyl (C=O) groups excluding carboxylic acids is 1. The number of rotatable bonds is 4. The minimum atomic E-state index is -0.582. The third-order valence-electron chi connectivity index (χ3n) is 2.63. The van der Waals surface area contributed by atoms with Gasteiger partial charge in [0.15, 0.2) is 0 Å². The van der Waals surface area contributed by atoms with Crippen LogP contribution >= 0.6 is 0 Å². The van der Waals surface area contributed by atoms with Crippen LogP contribution in [0, 0.1) is 6.92 Å². The topological polar surface area (TPSA) is 79.2 Å². The molecule has 106 valence electrons. The number of hydrogen-bond donors (Lipinski definition) is 3. The standard InChI is InChI=1S/C14H18N4O2/c1-10-8-13(16-14(20)15-9-11(2)19)18(17-10)12-6-4-3-5-7-12/h3-8,11,19H,9H2,1-2H3,(H2,15,16,20)/t11-/m0/s1. The Morgan fingerprint density at radius 3 is 2.75 bits per heavy atom. The van der Waals surface area contributed by atoms with Crippen LogP contribution in [0.2, 0.25) is 0 Å². The summed E-state index contributed by atoms with van der Waals surface area (Å²) in [5, 5.41) is 18.8. The van der Waals surface area contributed by atoms with Gasteiger partial charge in [0.05, 0.1) is 17.5 Å². The van der Waals surface area contributed by atoms with Crippen molar-refractivity contribution in [3.63, 3.8) is 0 Å². The lowest BCUT2D eigenvalue weighted by Gasteiger charge is -2.10. The van der Waals surface area contributed by atoms with E-state index in [1.54, 1.807) is 17.7 Å². The van der Waals surface area contributed by atoms with Gasteiger partial charge in [0.25, 0.3) is 0 Å². The highest BCUT2D eigenvalue weighted by Crippen LogP contribution is 2.16. The summed E-state index contributed by atoms with van der Waals surface area (Å²) in [5.41, 5.74) is 1.67. The zero-order chi connectivity index (χ0) is 14.5. The molecule has 1 heterocycles. The first-order valence-electron chi connectivity index (χ1n) is 6.41. The van der Waals surface area contributed by atoms with Crippen LogP contribution in [0.3, 0.4) is 0 Å². The SMILES string of the molecule is Cc1cc(NC(=O)NC[C@H](C)O)n(-c2ccccc2)n1. The molecule has 0 bridgehead atoms. The van der Waals surface area contributed by atoms with E-state index in [-0.39, 0.29) is 12.6 Å². The van der Waals surface area contributed by atoms with E-state index in [1.807, 2.05) is 37.3 Å². The highest BCUT2D eigenvalue weighted by atomic mass is 16.3. The monoisotopic (exact) mass is 274 g/mol. The number of aromatic nitrogens is 2. The summed E-state index contributed by atoms with van der Waals surface area (Å²) in [6.45, 7) is 3.67. The Kier molecular flexibility index (Phi) is 4.37. The molecule has 6 nitrogen and oxygen atoms in total. The van der Waals surface area contributed by atoms with Gasteiger partial charge in [0.2, 0.25) is 0 Å². The molecule has 0 unspecified atom stereocenters. The normalized spacial score (nSPS) is 11.9. The number of anilines is 1. The number of aryl methyl sites for hydroxylation is 1. The molecule has 2 aromatic rings. The fraction of sp³-hybridized carbons (Fsp3) is 0.286. The number of hydrogen-bond acceptors (Lipinski definition) is 3. The van der Waals surface area contributed by atoms with Crippen LogP contribution in [-0.2, 0) is 0 Å². The Bertz CT molecular complexity index is 578. The number of nitrogens with zero attached hydrogens (tertiary/aromatic N) is 2. The molecule has 0 saturated carbocycles. The Morgan fingerprint density at radius 1 is 1.40 bits per heavy atom. The van der Waals surface area contributed by atoms with Crippen molar-refractivity contribution in [3.05, 3.63) is 42.1 Å². The summed E-state index contributed by atoms with van der Waals surface area (Å²) in [6.07, 6.45) is -0.582. The average Bonchev–Trinajstić information content (AvgIpc) is 2.78. The van der Waals surface area contributed by atoms with Gasteiger partial charge in [0.1, 0.15) is 5.82 Å². The second kappa shape index (κ2) is 6.21. The van der Waals surface area contributed by atoms with E-state index in [2.05, 4.69) is 15.7 Å². The van der Waals surface area contributed by atoms with Crippen molar-refractivity contribution in [2.24, 2.45) is 0 Å². The number of aliphatic hydroxyl groups is 1. The lowest BCUT2D eigenvalue weighted by Crippen LogP contribution is -2.34. The molecule has 0 aliphatic carbocycles. The molecule has 0 fully saturated rings. The van der Waals surface area contributed by atoms with Crippen LogP contribution in [0.15, 0.2) is 36.4 Å². The molecule has 0 aliphatic heterocycles.